The number of aromatic nitrogens is 6. The Morgan fingerprint density at radius 1 is 1.19 bits per heavy atom. The molecule has 0 aliphatic carbocycles. The third-order valence-corrected chi connectivity index (χ3v) is 7.37. The Balaban J connectivity index is 1.43. The smallest absolute Gasteiger partial charge is 0.253 e. The van der Waals surface area contributed by atoms with E-state index in [0.29, 0.717) is 41.8 Å². The number of carbonyl (C=O) groups excluding carboxylic acids is 1. The SMILES string of the molecule is CCS(=O)(=O)n1cc(-c2nccc(Nc3cc4c(cn3)c(C(=O)NC3COC3)cn4C(C)C)n2)cn1. The van der Waals surface area contributed by atoms with Crippen LogP contribution in [0.2, 0.25) is 0 Å². The van der Waals surface area contributed by atoms with Crippen molar-refractivity contribution in [1.82, 2.24) is 34.0 Å². The molecule has 1 saturated heterocycles. The standard InChI is InChI=1S/C23H26N8O4S/c1-4-36(33,34)31-10-15(8-26-31)22-24-6-5-20(29-22)28-21-7-19-17(9-25-21)18(11-30(19)14(2)3)23(32)27-16-12-35-13-16/h5-11,14,16H,4,12-13H2,1-3H3,(H,27,32)(H,24,25,28,29). The van der Waals surface area contributed by atoms with Crippen molar-refractivity contribution in [2.75, 3.05) is 24.3 Å². The predicted molar refractivity (Wildman–Crippen MR) is 134 cm³/mol. The number of amides is 1. The van der Waals surface area contributed by atoms with E-state index in [1.54, 1.807) is 25.4 Å². The van der Waals surface area contributed by atoms with Crippen LogP contribution in [-0.4, -0.2) is 68.0 Å². The maximum atomic E-state index is 12.8. The summed E-state index contributed by atoms with van der Waals surface area (Å²) in [5.41, 5.74) is 1.89. The zero-order valence-corrected chi connectivity index (χ0v) is 20.9. The van der Waals surface area contributed by atoms with E-state index in [0.717, 1.165) is 15.0 Å². The highest BCUT2D eigenvalue weighted by molar-refractivity contribution is 7.89. The van der Waals surface area contributed by atoms with Crippen LogP contribution in [0.4, 0.5) is 11.6 Å². The molecule has 4 aromatic rings. The molecule has 13 heteroatoms. The number of carbonyl (C=O) groups is 1. The van der Waals surface area contributed by atoms with Crippen molar-refractivity contribution in [2.45, 2.75) is 32.9 Å². The van der Waals surface area contributed by atoms with Crippen LogP contribution in [0, 0.1) is 0 Å². The van der Waals surface area contributed by atoms with Gasteiger partial charge in [-0.2, -0.15) is 9.19 Å². The third kappa shape index (κ3) is 4.54. The fourth-order valence-electron chi connectivity index (χ4n) is 3.81. The summed E-state index contributed by atoms with van der Waals surface area (Å²) in [7, 11) is -3.50. The van der Waals surface area contributed by atoms with E-state index in [4.69, 9.17) is 4.74 Å². The molecule has 4 aromatic heterocycles. The Morgan fingerprint density at radius 2 is 2.00 bits per heavy atom. The Bertz CT molecular complexity index is 1540. The molecular weight excluding hydrogens is 484 g/mol. The molecule has 0 saturated carbocycles. The summed E-state index contributed by atoms with van der Waals surface area (Å²) in [5.74, 6) is 1.12. The van der Waals surface area contributed by atoms with E-state index in [2.05, 4.69) is 30.7 Å². The summed E-state index contributed by atoms with van der Waals surface area (Å²) in [6.45, 7) is 6.69. The van der Waals surface area contributed by atoms with E-state index in [1.807, 2.05) is 30.7 Å². The normalized spacial score (nSPS) is 14.2. The van der Waals surface area contributed by atoms with E-state index in [-0.39, 0.29) is 23.7 Å². The van der Waals surface area contributed by atoms with Crippen LogP contribution < -0.4 is 10.6 Å². The minimum atomic E-state index is -3.50. The highest BCUT2D eigenvalue weighted by Gasteiger charge is 2.24. The largest absolute Gasteiger partial charge is 0.377 e. The van der Waals surface area contributed by atoms with Gasteiger partial charge in [0.1, 0.15) is 11.6 Å². The summed E-state index contributed by atoms with van der Waals surface area (Å²) in [6.07, 6.45) is 7.89. The monoisotopic (exact) mass is 510 g/mol. The van der Waals surface area contributed by atoms with Gasteiger partial charge in [-0.15, -0.1) is 0 Å². The van der Waals surface area contributed by atoms with E-state index >= 15 is 0 Å². The predicted octanol–water partition coefficient (Wildman–Crippen LogP) is 2.34. The van der Waals surface area contributed by atoms with Crippen LogP contribution in [0.3, 0.4) is 0 Å². The molecule has 36 heavy (non-hydrogen) atoms. The molecule has 12 nitrogen and oxygen atoms in total. The number of nitrogens with one attached hydrogen (secondary N) is 2. The Labute approximate surface area is 207 Å². The molecule has 1 aliphatic rings. The molecule has 1 amide bonds. The van der Waals surface area contributed by atoms with Crippen molar-refractivity contribution in [3.05, 3.63) is 48.7 Å². The van der Waals surface area contributed by atoms with Crippen LogP contribution in [-0.2, 0) is 14.8 Å². The molecule has 5 heterocycles. The van der Waals surface area contributed by atoms with E-state index in [9.17, 15) is 13.2 Å². The Morgan fingerprint density at radius 3 is 2.69 bits per heavy atom. The van der Waals surface area contributed by atoms with Crippen molar-refractivity contribution in [3.8, 4) is 11.4 Å². The lowest BCUT2D eigenvalue weighted by atomic mass is 10.2. The van der Waals surface area contributed by atoms with Gasteiger partial charge < -0.3 is 19.9 Å². The van der Waals surface area contributed by atoms with Gasteiger partial charge in [-0.25, -0.2) is 23.4 Å². The lowest BCUT2D eigenvalue weighted by Crippen LogP contribution is -2.48. The fourth-order valence-corrected chi connectivity index (χ4v) is 4.54. The average molecular weight is 511 g/mol. The number of fused-ring (bicyclic) bond motifs is 1. The average Bonchev–Trinajstić information content (AvgIpc) is 3.47. The zero-order chi connectivity index (χ0) is 25.4. The van der Waals surface area contributed by atoms with Crippen molar-refractivity contribution < 1.29 is 17.9 Å². The second kappa shape index (κ2) is 9.32. The van der Waals surface area contributed by atoms with E-state index < -0.39 is 10.0 Å². The molecule has 0 radical (unpaired) electrons. The van der Waals surface area contributed by atoms with Gasteiger partial charge in [0.2, 0.25) is 0 Å². The Kier molecular flexibility index (Phi) is 6.18. The first kappa shape index (κ1) is 23.9. The molecule has 0 atom stereocenters. The van der Waals surface area contributed by atoms with Crippen molar-refractivity contribution in [3.63, 3.8) is 0 Å². The molecule has 0 unspecified atom stereocenters. The summed E-state index contributed by atoms with van der Waals surface area (Å²) in [5, 5.41) is 10.8. The molecule has 1 aliphatic heterocycles. The first-order valence-electron chi connectivity index (χ1n) is 11.5. The van der Waals surface area contributed by atoms with Gasteiger partial charge in [0.05, 0.1) is 54.0 Å². The molecule has 0 aromatic carbocycles. The van der Waals surface area contributed by atoms with Crippen LogP contribution in [0.25, 0.3) is 22.3 Å². The van der Waals surface area contributed by atoms with Gasteiger partial charge in [-0.05, 0) is 26.8 Å². The van der Waals surface area contributed by atoms with Gasteiger partial charge in [-0.1, -0.05) is 0 Å². The minimum Gasteiger partial charge on any atom is -0.377 e. The maximum absolute atomic E-state index is 12.8. The lowest BCUT2D eigenvalue weighted by molar-refractivity contribution is -0.00343. The highest BCUT2D eigenvalue weighted by Crippen LogP contribution is 2.28. The second-order valence-corrected chi connectivity index (χ2v) is 10.8. The maximum Gasteiger partial charge on any atom is 0.253 e. The summed E-state index contributed by atoms with van der Waals surface area (Å²) in [6, 6.07) is 3.71. The first-order chi connectivity index (χ1) is 17.2. The number of nitrogens with zero attached hydrogens (tertiary/aromatic N) is 6. The lowest BCUT2D eigenvalue weighted by Gasteiger charge is -2.26. The van der Waals surface area contributed by atoms with Gasteiger partial charge >= 0.3 is 0 Å². The summed E-state index contributed by atoms with van der Waals surface area (Å²) in [4.78, 5) is 26.1. The topological polar surface area (TPSA) is 146 Å². The molecule has 0 bridgehead atoms. The van der Waals surface area contributed by atoms with Gasteiger partial charge in [0, 0.05) is 36.1 Å². The minimum absolute atomic E-state index is 0.0324. The summed E-state index contributed by atoms with van der Waals surface area (Å²) >= 11 is 0. The van der Waals surface area contributed by atoms with E-state index in [1.165, 1.54) is 12.4 Å². The zero-order valence-electron chi connectivity index (χ0n) is 20.0. The molecule has 1 fully saturated rings. The third-order valence-electron chi connectivity index (χ3n) is 5.87. The van der Waals surface area contributed by atoms with Gasteiger partial charge in [-0.3, -0.25) is 4.79 Å². The molecular formula is C23H26N8O4S. The van der Waals surface area contributed by atoms with Crippen molar-refractivity contribution >= 4 is 38.5 Å². The quantitative estimate of drug-likeness (QED) is 0.365. The van der Waals surface area contributed by atoms with Crippen LogP contribution in [0.15, 0.2) is 43.1 Å². The van der Waals surface area contributed by atoms with Crippen LogP contribution in [0.5, 0.6) is 0 Å². The number of ether oxygens (including phenoxy) is 1. The summed E-state index contributed by atoms with van der Waals surface area (Å²) < 4.78 is 32.2. The molecule has 188 valence electrons. The number of rotatable bonds is 8. The second-order valence-electron chi connectivity index (χ2n) is 8.73. The molecule has 5 rings (SSSR count). The molecule has 2 N–H and O–H groups in total. The highest BCUT2D eigenvalue weighted by atomic mass is 32.2. The number of anilines is 2. The van der Waals surface area contributed by atoms with Crippen LogP contribution in [0.1, 0.15) is 37.2 Å². The number of pyridine rings is 1. The first-order valence-corrected chi connectivity index (χ1v) is 13.1. The van der Waals surface area contributed by atoms with Crippen molar-refractivity contribution in [1.29, 1.82) is 0 Å². The Hall–Kier alpha value is -3.84. The van der Waals surface area contributed by atoms with Gasteiger partial charge in [0.15, 0.2) is 5.82 Å². The van der Waals surface area contributed by atoms with Gasteiger partial charge in [0.25, 0.3) is 15.9 Å². The van der Waals surface area contributed by atoms with Crippen molar-refractivity contribution in [2.24, 2.45) is 0 Å². The van der Waals surface area contributed by atoms with Crippen LogP contribution >= 0.6 is 0 Å². The fraction of sp³-hybridized carbons (Fsp3) is 0.348. The molecule has 0 spiro atoms. The number of hydrogen-bond donors (Lipinski definition) is 2. The number of hydrogen-bond acceptors (Lipinski definition) is 9.